The molecule has 0 aliphatic heterocycles. The van der Waals surface area contributed by atoms with Gasteiger partial charge in [-0.3, -0.25) is 0 Å². The van der Waals surface area contributed by atoms with Crippen molar-refractivity contribution in [2.75, 3.05) is 0 Å². The zero-order valence-electron chi connectivity index (χ0n) is 10.7. The number of amides is 1. The first-order chi connectivity index (χ1) is 7.28. The van der Waals surface area contributed by atoms with Gasteiger partial charge in [0.2, 0.25) is 0 Å². The van der Waals surface area contributed by atoms with E-state index in [2.05, 4.69) is 12.2 Å². The molecule has 0 aromatic heterocycles. The normalized spacial score (nSPS) is 30.9. The minimum absolute atomic E-state index is 0.213. The number of hydrogen-bond acceptors (Lipinski definition) is 3. The van der Waals surface area contributed by atoms with E-state index >= 15 is 0 Å². The van der Waals surface area contributed by atoms with Gasteiger partial charge in [0.05, 0.1) is 0 Å². The number of carbonyl (C=O) groups is 1. The molecule has 94 valence electrons. The molecule has 3 atom stereocenters. The Kier molecular flexibility index (Phi) is 4.19. The van der Waals surface area contributed by atoms with Crippen LogP contribution in [0.1, 0.15) is 47.0 Å². The average Bonchev–Trinajstić information content (AvgIpc) is 2.08. The van der Waals surface area contributed by atoms with E-state index in [1.807, 2.05) is 20.8 Å². The number of nitrogens with two attached hydrogens (primary N) is 1. The van der Waals surface area contributed by atoms with Gasteiger partial charge in [-0.05, 0) is 46.0 Å². The van der Waals surface area contributed by atoms with Crippen molar-refractivity contribution < 1.29 is 9.53 Å². The summed E-state index contributed by atoms with van der Waals surface area (Å²) < 4.78 is 5.22. The standard InChI is InChI=1S/C12H24N2O2/c1-8-7-9(5-6-10(8)13)14-11(15)16-12(2,3)4/h8-10H,5-7,13H2,1-4H3,(H,14,15)/t8-,9+,10-/m1/s1. The molecule has 4 heteroatoms. The summed E-state index contributed by atoms with van der Waals surface area (Å²) in [6, 6.07) is 0.487. The maximum absolute atomic E-state index is 11.6. The van der Waals surface area contributed by atoms with Gasteiger partial charge >= 0.3 is 6.09 Å². The Labute approximate surface area is 97.9 Å². The molecule has 0 heterocycles. The van der Waals surface area contributed by atoms with E-state index in [4.69, 9.17) is 10.5 Å². The van der Waals surface area contributed by atoms with E-state index in [9.17, 15) is 4.79 Å². The number of alkyl carbamates (subject to hydrolysis) is 1. The Morgan fingerprint density at radius 2 is 2.00 bits per heavy atom. The van der Waals surface area contributed by atoms with Crippen LogP contribution < -0.4 is 11.1 Å². The molecule has 0 saturated heterocycles. The Morgan fingerprint density at radius 1 is 1.38 bits per heavy atom. The first-order valence-electron chi connectivity index (χ1n) is 6.03. The molecule has 1 fully saturated rings. The molecule has 0 bridgehead atoms. The summed E-state index contributed by atoms with van der Waals surface area (Å²) in [5, 5.41) is 2.91. The quantitative estimate of drug-likeness (QED) is 0.721. The lowest BCUT2D eigenvalue weighted by atomic mass is 9.83. The van der Waals surface area contributed by atoms with Crippen molar-refractivity contribution in [1.29, 1.82) is 0 Å². The Balaban J connectivity index is 2.35. The van der Waals surface area contributed by atoms with E-state index in [0.717, 1.165) is 19.3 Å². The van der Waals surface area contributed by atoms with Crippen molar-refractivity contribution in [3.05, 3.63) is 0 Å². The molecule has 0 unspecified atom stereocenters. The monoisotopic (exact) mass is 228 g/mol. The summed E-state index contributed by atoms with van der Waals surface area (Å²) in [5.41, 5.74) is 5.50. The largest absolute Gasteiger partial charge is 0.444 e. The van der Waals surface area contributed by atoms with E-state index in [-0.39, 0.29) is 18.2 Å². The predicted molar refractivity (Wildman–Crippen MR) is 64.1 cm³/mol. The fourth-order valence-electron chi connectivity index (χ4n) is 2.02. The van der Waals surface area contributed by atoms with Crippen LogP contribution in [0, 0.1) is 5.92 Å². The fraction of sp³-hybridized carbons (Fsp3) is 0.917. The van der Waals surface area contributed by atoms with Gasteiger partial charge in [-0.1, -0.05) is 6.92 Å². The van der Waals surface area contributed by atoms with Gasteiger partial charge in [0.1, 0.15) is 5.60 Å². The van der Waals surface area contributed by atoms with Gasteiger partial charge in [0.25, 0.3) is 0 Å². The second kappa shape index (κ2) is 5.04. The van der Waals surface area contributed by atoms with Crippen LogP contribution in [-0.4, -0.2) is 23.8 Å². The van der Waals surface area contributed by atoms with Crippen molar-refractivity contribution >= 4 is 6.09 Å². The second-order valence-electron chi connectivity index (χ2n) is 5.80. The highest BCUT2D eigenvalue weighted by Gasteiger charge is 2.27. The summed E-state index contributed by atoms with van der Waals surface area (Å²) in [6.07, 6.45) is 2.55. The molecule has 16 heavy (non-hydrogen) atoms. The van der Waals surface area contributed by atoms with Crippen molar-refractivity contribution in [3.63, 3.8) is 0 Å². The molecule has 1 rings (SSSR count). The van der Waals surface area contributed by atoms with Crippen LogP contribution in [0.25, 0.3) is 0 Å². The van der Waals surface area contributed by atoms with Crippen LogP contribution in [0.2, 0.25) is 0 Å². The molecule has 1 aliphatic rings. The molecule has 1 aliphatic carbocycles. The maximum atomic E-state index is 11.6. The first-order valence-corrected chi connectivity index (χ1v) is 6.03. The molecule has 0 radical (unpaired) electrons. The lowest BCUT2D eigenvalue weighted by Crippen LogP contribution is -2.45. The average molecular weight is 228 g/mol. The third-order valence-corrected chi connectivity index (χ3v) is 2.96. The highest BCUT2D eigenvalue weighted by Crippen LogP contribution is 2.23. The van der Waals surface area contributed by atoms with Gasteiger partial charge < -0.3 is 15.8 Å². The van der Waals surface area contributed by atoms with Crippen LogP contribution in [0.4, 0.5) is 4.79 Å². The van der Waals surface area contributed by atoms with E-state index < -0.39 is 5.60 Å². The van der Waals surface area contributed by atoms with Gasteiger partial charge in [-0.2, -0.15) is 0 Å². The lowest BCUT2D eigenvalue weighted by Gasteiger charge is -2.32. The molecule has 1 amide bonds. The fourth-order valence-corrected chi connectivity index (χ4v) is 2.02. The zero-order valence-corrected chi connectivity index (χ0v) is 10.7. The van der Waals surface area contributed by atoms with Crippen molar-refractivity contribution in [3.8, 4) is 0 Å². The predicted octanol–water partition coefficient (Wildman–Crippen LogP) is 2.03. The van der Waals surface area contributed by atoms with Gasteiger partial charge in [-0.25, -0.2) is 4.79 Å². The third-order valence-electron chi connectivity index (χ3n) is 2.96. The molecule has 3 N–H and O–H groups in total. The lowest BCUT2D eigenvalue weighted by molar-refractivity contribution is 0.0483. The van der Waals surface area contributed by atoms with Gasteiger partial charge in [0.15, 0.2) is 0 Å². The van der Waals surface area contributed by atoms with Crippen LogP contribution in [0.3, 0.4) is 0 Å². The van der Waals surface area contributed by atoms with Crippen LogP contribution in [-0.2, 0) is 4.74 Å². The zero-order chi connectivity index (χ0) is 12.3. The first kappa shape index (κ1) is 13.3. The summed E-state index contributed by atoms with van der Waals surface area (Å²) in [7, 11) is 0. The molecular formula is C12H24N2O2. The van der Waals surface area contributed by atoms with Gasteiger partial charge in [-0.15, -0.1) is 0 Å². The minimum atomic E-state index is -0.430. The summed E-state index contributed by atoms with van der Waals surface area (Å²) in [6.45, 7) is 7.73. The molecule has 0 spiro atoms. The second-order valence-corrected chi connectivity index (χ2v) is 5.80. The Morgan fingerprint density at radius 3 is 2.50 bits per heavy atom. The number of rotatable bonds is 1. The highest BCUT2D eigenvalue weighted by molar-refractivity contribution is 5.68. The number of nitrogens with one attached hydrogen (secondary N) is 1. The summed E-state index contributed by atoms with van der Waals surface area (Å²) in [4.78, 5) is 11.6. The topological polar surface area (TPSA) is 64.3 Å². The van der Waals surface area contributed by atoms with Crippen LogP contribution in [0.15, 0.2) is 0 Å². The molecule has 0 aromatic carbocycles. The van der Waals surface area contributed by atoms with Crippen LogP contribution >= 0.6 is 0 Å². The minimum Gasteiger partial charge on any atom is -0.444 e. The summed E-state index contributed by atoms with van der Waals surface area (Å²) >= 11 is 0. The SMILES string of the molecule is C[C@@H]1C[C@@H](NC(=O)OC(C)(C)C)CC[C@H]1N. The third kappa shape index (κ3) is 4.39. The Bertz CT molecular complexity index is 248. The maximum Gasteiger partial charge on any atom is 0.407 e. The van der Waals surface area contributed by atoms with Crippen molar-refractivity contribution in [2.45, 2.75) is 64.6 Å². The molecule has 4 nitrogen and oxygen atoms in total. The van der Waals surface area contributed by atoms with E-state index in [0.29, 0.717) is 5.92 Å². The van der Waals surface area contributed by atoms with E-state index in [1.54, 1.807) is 0 Å². The Hall–Kier alpha value is -0.770. The highest BCUT2D eigenvalue weighted by atomic mass is 16.6. The van der Waals surface area contributed by atoms with Crippen LogP contribution in [0.5, 0.6) is 0 Å². The summed E-state index contributed by atoms with van der Waals surface area (Å²) in [5.74, 6) is 0.466. The molecular weight excluding hydrogens is 204 g/mol. The van der Waals surface area contributed by atoms with Gasteiger partial charge in [0, 0.05) is 12.1 Å². The number of hydrogen-bond donors (Lipinski definition) is 2. The number of ether oxygens (including phenoxy) is 1. The molecule has 1 saturated carbocycles. The molecule has 0 aromatic rings. The van der Waals surface area contributed by atoms with Crippen molar-refractivity contribution in [2.24, 2.45) is 11.7 Å². The van der Waals surface area contributed by atoms with Crippen molar-refractivity contribution in [1.82, 2.24) is 5.32 Å². The smallest absolute Gasteiger partial charge is 0.407 e. The van der Waals surface area contributed by atoms with E-state index in [1.165, 1.54) is 0 Å². The number of carbonyl (C=O) groups excluding carboxylic acids is 1.